The summed E-state index contributed by atoms with van der Waals surface area (Å²) >= 11 is 0. The molecule has 0 aliphatic rings. The van der Waals surface area contributed by atoms with E-state index in [2.05, 4.69) is 27.5 Å². The smallest absolute Gasteiger partial charge is 0.274 e. The first kappa shape index (κ1) is 16.4. The molecule has 2 N–H and O–H groups in total. The van der Waals surface area contributed by atoms with E-state index in [-0.39, 0.29) is 11.6 Å². The van der Waals surface area contributed by atoms with Gasteiger partial charge in [0.05, 0.1) is 11.6 Å². The Bertz CT molecular complexity index is 708. The van der Waals surface area contributed by atoms with Crippen molar-refractivity contribution in [3.05, 3.63) is 47.9 Å². The van der Waals surface area contributed by atoms with E-state index < -0.39 is 0 Å². The third-order valence-electron chi connectivity index (χ3n) is 3.24. The SMILES string of the molecule is CCCCCNc1cc(C(=O)Nc2cccc(C#N)c2)ncn1. The Hall–Kier alpha value is -2.94. The maximum absolute atomic E-state index is 12.2. The van der Waals surface area contributed by atoms with Gasteiger partial charge in [-0.1, -0.05) is 25.8 Å². The predicted molar refractivity (Wildman–Crippen MR) is 89.2 cm³/mol. The number of aromatic nitrogens is 2. The molecule has 2 rings (SSSR count). The summed E-state index contributed by atoms with van der Waals surface area (Å²) in [6.07, 6.45) is 4.73. The van der Waals surface area contributed by atoms with Gasteiger partial charge in [0.15, 0.2) is 0 Å². The fourth-order valence-corrected chi connectivity index (χ4v) is 2.03. The minimum absolute atomic E-state index is 0.278. The second kappa shape index (κ2) is 8.49. The molecule has 1 amide bonds. The number of nitrogens with one attached hydrogen (secondary N) is 2. The summed E-state index contributed by atoms with van der Waals surface area (Å²) in [4.78, 5) is 20.3. The Morgan fingerprint density at radius 3 is 2.91 bits per heavy atom. The Morgan fingerprint density at radius 1 is 1.26 bits per heavy atom. The van der Waals surface area contributed by atoms with Crippen LogP contribution in [0.1, 0.15) is 42.2 Å². The molecule has 1 aromatic heterocycles. The van der Waals surface area contributed by atoms with Crippen LogP contribution in [0.5, 0.6) is 0 Å². The second-order valence-electron chi connectivity index (χ2n) is 5.07. The summed E-state index contributed by atoms with van der Waals surface area (Å²) in [5.74, 6) is 0.297. The number of nitrogens with zero attached hydrogens (tertiary/aromatic N) is 3. The van der Waals surface area contributed by atoms with Crippen LogP contribution in [-0.4, -0.2) is 22.4 Å². The van der Waals surface area contributed by atoms with Crippen molar-refractivity contribution in [2.75, 3.05) is 17.2 Å². The van der Waals surface area contributed by atoms with Crippen LogP contribution in [0, 0.1) is 11.3 Å². The maximum Gasteiger partial charge on any atom is 0.274 e. The largest absolute Gasteiger partial charge is 0.370 e. The molecule has 0 bridgehead atoms. The van der Waals surface area contributed by atoms with Crippen molar-refractivity contribution in [2.24, 2.45) is 0 Å². The Kier molecular flexibility index (Phi) is 6.07. The number of rotatable bonds is 7. The van der Waals surface area contributed by atoms with Gasteiger partial charge in [-0.05, 0) is 24.6 Å². The van der Waals surface area contributed by atoms with Crippen LogP contribution < -0.4 is 10.6 Å². The highest BCUT2D eigenvalue weighted by atomic mass is 16.1. The number of amides is 1. The first-order valence-electron chi connectivity index (χ1n) is 7.60. The number of carbonyl (C=O) groups is 1. The summed E-state index contributed by atoms with van der Waals surface area (Å²) in [5.41, 5.74) is 1.33. The van der Waals surface area contributed by atoms with Gasteiger partial charge in [0.2, 0.25) is 0 Å². The van der Waals surface area contributed by atoms with E-state index in [1.165, 1.54) is 6.33 Å². The molecule has 0 fully saturated rings. The maximum atomic E-state index is 12.2. The first-order valence-corrected chi connectivity index (χ1v) is 7.60. The van der Waals surface area contributed by atoms with Crippen molar-refractivity contribution < 1.29 is 4.79 Å². The minimum atomic E-state index is -0.334. The van der Waals surface area contributed by atoms with E-state index >= 15 is 0 Å². The molecule has 6 heteroatoms. The molecule has 0 saturated heterocycles. The number of carbonyl (C=O) groups excluding carboxylic acids is 1. The lowest BCUT2D eigenvalue weighted by Gasteiger charge is -2.07. The van der Waals surface area contributed by atoms with Crippen LogP contribution >= 0.6 is 0 Å². The van der Waals surface area contributed by atoms with Gasteiger partial charge in [-0.3, -0.25) is 4.79 Å². The zero-order valence-corrected chi connectivity index (χ0v) is 13.0. The van der Waals surface area contributed by atoms with E-state index in [9.17, 15) is 4.79 Å². The number of anilines is 2. The fraction of sp³-hybridized carbons (Fsp3) is 0.294. The highest BCUT2D eigenvalue weighted by Crippen LogP contribution is 2.12. The summed E-state index contributed by atoms with van der Waals surface area (Å²) in [6, 6.07) is 10.4. The van der Waals surface area contributed by atoms with Gasteiger partial charge in [-0.25, -0.2) is 9.97 Å². The van der Waals surface area contributed by atoms with Gasteiger partial charge in [0.25, 0.3) is 5.91 Å². The van der Waals surface area contributed by atoms with Crippen LogP contribution in [0.4, 0.5) is 11.5 Å². The molecule has 2 aromatic rings. The monoisotopic (exact) mass is 309 g/mol. The molecule has 6 nitrogen and oxygen atoms in total. The third-order valence-corrected chi connectivity index (χ3v) is 3.24. The Balaban J connectivity index is 2.00. The molecule has 0 aliphatic heterocycles. The molecule has 1 heterocycles. The molecular formula is C17H19N5O. The normalized spacial score (nSPS) is 9.91. The van der Waals surface area contributed by atoms with Gasteiger partial charge >= 0.3 is 0 Å². The molecule has 0 unspecified atom stereocenters. The van der Waals surface area contributed by atoms with E-state index in [4.69, 9.17) is 5.26 Å². The van der Waals surface area contributed by atoms with Gasteiger partial charge < -0.3 is 10.6 Å². The second-order valence-corrected chi connectivity index (χ2v) is 5.07. The molecule has 1 aromatic carbocycles. The number of benzene rings is 1. The molecule has 0 aliphatic carbocycles. The molecule has 0 atom stereocenters. The molecular weight excluding hydrogens is 290 g/mol. The standard InChI is InChI=1S/C17H19N5O/c1-2-3-4-8-19-16-10-15(20-12-21-16)17(23)22-14-7-5-6-13(9-14)11-18/h5-7,9-10,12H,2-4,8H2,1H3,(H,22,23)(H,19,20,21). The number of hydrogen-bond donors (Lipinski definition) is 2. The summed E-state index contributed by atoms with van der Waals surface area (Å²) in [5, 5.41) is 14.8. The zero-order chi connectivity index (χ0) is 16.5. The van der Waals surface area contributed by atoms with Crippen LogP contribution in [0.15, 0.2) is 36.7 Å². The summed E-state index contributed by atoms with van der Waals surface area (Å²) < 4.78 is 0. The van der Waals surface area contributed by atoms with Gasteiger partial charge in [-0.15, -0.1) is 0 Å². The Morgan fingerprint density at radius 2 is 2.13 bits per heavy atom. The number of nitriles is 1. The zero-order valence-electron chi connectivity index (χ0n) is 13.0. The van der Waals surface area contributed by atoms with Crippen molar-refractivity contribution in [3.8, 4) is 6.07 Å². The number of hydrogen-bond acceptors (Lipinski definition) is 5. The summed E-state index contributed by atoms with van der Waals surface area (Å²) in [6.45, 7) is 2.96. The van der Waals surface area contributed by atoms with Crippen molar-refractivity contribution in [1.82, 2.24) is 9.97 Å². The van der Waals surface area contributed by atoms with Gasteiger partial charge in [0, 0.05) is 18.3 Å². The van der Waals surface area contributed by atoms with Crippen molar-refractivity contribution >= 4 is 17.4 Å². The lowest BCUT2D eigenvalue weighted by atomic mass is 10.2. The predicted octanol–water partition coefficient (Wildman–Crippen LogP) is 3.20. The summed E-state index contributed by atoms with van der Waals surface area (Å²) in [7, 11) is 0. The van der Waals surface area contributed by atoms with E-state index in [0.717, 1.165) is 25.8 Å². The Labute approximate surface area is 135 Å². The highest BCUT2D eigenvalue weighted by Gasteiger charge is 2.09. The van der Waals surface area contributed by atoms with Crippen LogP contribution in [0.25, 0.3) is 0 Å². The van der Waals surface area contributed by atoms with E-state index in [1.54, 1.807) is 30.3 Å². The average Bonchev–Trinajstić information content (AvgIpc) is 2.59. The lowest BCUT2D eigenvalue weighted by molar-refractivity contribution is 0.102. The quantitative estimate of drug-likeness (QED) is 0.766. The van der Waals surface area contributed by atoms with Crippen LogP contribution in [0.3, 0.4) is 0 Å². The minimum Gasteiger partial charge on any atom is -0.370 e. The van der Waals surface area contributed by atoms with Crippen LogP contribution in [-0.2, 0) is 0 Å². The van der Waals surface area contributed by atoms with E-state index in [0.29, 0.717) is 17.1 Å². The van der Waals surface area contributed by atoms with Gasteiger partial charge in [0.1, 0.15) is 17.8 Å². The fourth-order valence-electron chi connectivity index (χ4n) is 2.03. The molecule has 0 saturated carbocycles. The van der Waals surface area contributed by atoms with Gasteiger partial charge in [-0.2, -0.15) is 5.26 Å². The number of unbranched alkanes of at least 4 members (excludes halogenated alkanes) is 2. The van der Waals surface area contributed by atoms with Crippen molar-refractivity contribution in [1.29, 1.82) is 5.26 Å². The van der Waals surface area contributed by atoms with Crippen LogP contribution in [0.2, 0.25) is 0 Å². The third kappa shape index (κ3) is 5.08. The lowest BCUT2D eigenvalue weighted by Crippen LogP contribution is -2.15. The topological polar surface area (TPSA) is 90.7 Å². The first-order chi connectivity index (χ1) is 11.2. The van der Waals surface area contributed by atoms with Crippen molar-refractivity contribution in [3.63, 3.8) is 0 Å². The molecule has 23 heavy (non-hydrogen) atoms. The molecule has 118 valence electrons. The molecule has 0 spiro atoms. The highest BCUT2D eigenvalue weighted by molar-refractivity contribution is 6.03. The van der Waals surface area contributed by atoms with Crippen molar-refractivity contribution in [2.45, 2.75) is 26.2 Å². The molecule has 0 radical (unpaired) electrons. The average molecular weight is 309 g/mol. The van der Waals surface area contributed by atoms with E-state index in [1.807, 2.05) is 6.07 Å².